The van der Waals surface area contributed by atoms with E-state index in [1.54, 1.807) is 36.7 Å². The largest absolute Gasteiger partial charge is 0.493 e. The van der Waals surface area contributed by atoms with Gasteiger partial charge in [-0.3, -0.25) is 14.8 Å². The molecule has 0 bridgehead atoms. The number of aromatic nitrogens is 2. The molecule has 0 unspecified atom stereocenters. The summed E-state index contributed by atoms with van der Waals surface area (Å²) >= 11 is 0. The van der Waals surface area contributed by atoms with Crippen LogP contribution in [-0.2, 0) is 0 Å². The van der Waals surface area contributed by atoms with Gasteiger partial charge in [0.2, 0.25) is 0 Å². The van der Waals surface area contributed by atoms with Gasteiger partial charge in [-0.25, -0.2) is 0 Å². The lowest BCUT2D eigenvalue weighted by Gasteiger charge is -2.14. The number of carbonyl (C=O) groups is 1. The topological polar surface area (TPSA) is 99.4 Å². The van der Waals surface area contributed by atoms with Crippen molar-refractivity contribution in [1.29, 1.82) is 0 Å². The number of amides is 1. The smallest absolute Gasteiger partial charge is 0.274 e. The molecule has 2 heterocycles. The van der Waals surface area contributed by atoms with Gasteiger partial charge in [0.05, 0.1) is 19.9 Å². The Kier molecular flexibility index (Phi) is 4.15. The molecule has 122 valence electrons. The molecule has 0 aliphatic rings. The molecule has 0 radical (unpaired) electrons. The van der Waals surface area contributed by atoms with Crippen molar-refractivity contribution in [3.8, 4) is 11.5 Å². The number of benzene rings is 1. The standard InChI is InChI=1S/C17H16N4O3/c1-23-13-9-12-11(14(18)16(13)24-2)5-8-20-15(12)17(22)21-10-3-6-19-7-4-10/h3-9H,18H2,1-2H3,(H,19,21,22). The highest BCUT2D eigenvalue weighted by molar-refractivity contribution is 6.14. The number of nitrogens with two attached hydrogens (primary N) is 1. The third-order valence-corrected chi connectivity index (χ3v) is 3.60. The summed E-state index contributed by atoms with van der Waals surface area (Å²) in [6, 6.07) is 6.82. The highest BCUT2D eigenvalue weighted by atomic mass is 16.5. The van der Waals surface area contributed by atoms with E-state index in [2.05, 4.69) is 15.3 Å². The van der Waals surface area contributed by atoms with E-state index in [0.29, 0.717) is 33.6 Å². The minimum atomic E-state index is -0.349. The van der Waals surface area contributed by atoms with Crippen molar-refractivity contribution in [2.75, 3.05) is 25.3 Å². The van der Waals surface area contributed by atoms with E-state index in [-0.39, 0.29) is 11.6 Å². The zero-order valence-electron chi connectivity index (χ0n) is 13.2. The molecule has 3 aromatic rings. The zero-order valence-corrected chi connectivity index (χ0v) is 13.2. The molecular formula is C17H16N4O3. The lowest BCUT2D eigenvalue weighted by molar-refractivity contribution is 0.102. The number of nitrogens with zero attached hydrogens (tertiary/aromatic N) is 2. The number of methoxy groups -OCH3 is 2. The molecule has 0 aliphatic carbocycles. The van der Waals surface area contributed by atoms with E-state index in [1.165, 1.54) is 20.4 Å². The molecule has 7 nitrogen and oxygen atoms in total. The Morgan fingerprint density at radius 3 is 2.50 bits per heavy atom. The number of nitrogens with one attached hydrogen (secondary N) is 1. The fourth-order valence-corrected chi connectivity index (χ4v) is 2.47. The van der Waals surface area contributed by atoms with Crippen molar-refractivity contribution >= 4 is 28.1 Å². The maximum absolute atomic E-state index is 12.6. The van der Waals surface area contributed by atoms with E-state index >= 15 is 0 Å². The number of nitrogen functional groups attached to an aromatic ring is 1. The molecule has 7 heteroatoms. The molecule has 0 fully saturated rings. The summed E-state index contributed by atoms with van der Waals surface area (Å²) in [5.41, 5.74) is 7.42. The van der Waals surface area contributed by atoms with Crippen LogP contribution in [0.3, 0.4) is 0 Å². The van der Waals surface area contributed by atoms with Gasteiger partial charge >= 0.3 is 0 Å². The fourth-order valence-electron chi connectivity index (χ4n) is 2.47. The summed E-state index contributed by atoms with van der Waals surface area (Å²) < 4.78 is 10.6. The monoisotopic (exact) mass is 324 g/mol. The van der Waals surface area contributed by atoms with Crippen LogP contribution >= 0.6 is 0 Å². The van der Waals surface area contributed by atoms with E-state index < -0.39 is 0 Å². The molecule has 0 saturated carbocycles. The second kappa shape index (κ2) is 6.41. The van der Waals surface area contributed by atoms with Crippen LogP contribution in [0, 0.1) is 0 Å². The number of anilines is 2. The normalized spacial score (nSPS) is 10.4. The van der Waals surface area contributed by atoms with Crippen LogP contribution in [0.4, 0.5) is 11.4 Å². The van der Waals surface area contributed by atoms with Gasteiger partial charge < -0.3 is 20.5 Å². The molecule has 1 aromatic carbocycles. The van der Waals surface area contributed by atoms with Gasteiger partial charge in [-0.1, -0.05) is 0 Å². The first-order chi connectivity index (χ1) is 11.7. The first-order valence-electron chi connectivity index (χ1n) is 7.16. The van der Waals surface area contributed by atoms with Gasteiger partial charge in [0.1, 0.15) is 5.69 Å². The van der Waals surface area contributed by atoms with Gasteiger partial charge in [-0.2, -0.15) is 0 Å². The highest BCUT2D eigenvalue weighted by Gasteiger charge is 2.18. The van der Waals surface area contributed by atoms with Crippen molar-refractivity contribution in [1.82, 2.24) is 9.97 Å². The van der Waals surface area contributed by atoms with Crippen LogP contribution in [0.5, 0.6) is 11.5 Å². The van der Waals surface area contributed by atoms with Crippen molar-refractivity contribution in [2.24, 2.45) is 0 Å². The Hall–Kier alpha value is -3.35. The van der Waals surface area contributed by atoms with Gasteiger partial charge in [0, 0.05) is 35.1 Å². The predicted octanol–water partition coefficient (Wildman–Crippen LogP) is 2.48. The quantitative estimate of drug-likeness (QED) is 0.715. The van der Waals surface area contributed by atoms with Gasteiger partial charge in [-0.05, 0) is 24.3 Å². The second-order valence-electron chi connectivity index (χ2n) is 4.97. The van der Waals surface area contributed by atoms with Crippen molar-refractivity contribution in [3.63, 3.8) is 0 Å². The second-order valence-corrected chi connectivity index (χ2v) is 4.97. The van der Waals surface area contributed by atoms with Crippen molar-refractivity contribution in [2.45, 2.75) is 0 Å². The molecule has 24 heavy (non-hydrogen) atoms. The maximum atomic E-state index is 12.6. The number of hydrogen-bond donors (Lipinski definition) is 2. The van der Waals surface area contributed by atoms with Crippen LogP contribution in [0.2, 0.25) is 0 Å². The van der Waals surface area contributed by atoms with E-state index in [0.717, 1.165) is 0 Å². The maximum Gasteiger partial charge on any atom is 0.274 e. The lowest BCUT2D eigenvalue weighted by Crippen LogP contribution is -2.14. The molecule has 2 aromatic heterocycles. The first-order valence-corrected chi connectivity index (χ1v) is 7.16. The number of pyridine rings is 2. The third-order valence-electron chi connectivity index (χ3n) is 3.60. The van der Waals surface area contributed by atoms with Crippen molar-refractivity contribution < 1.29 is 14.3 Å². The molecule has 0 saturated heterocycles. The summed E-state index contributed by atoms with van der Waals surface area (Å²) in [4.78, 5) is 20.7. The van der Waals surface area contributed by atoms with Gasteiger partial charge in [-0.15, -0.1) is 0 Å². The summed E-state index contributed by atoms with van der Waals surface area (Å²) in [6.45, 7) is 0. The van der Waals surface area contributed by atoms with Crippen LogP contribution in [0.25, 0.3) is 10.8 Å². The Morgan fingerprint density at radius 1 is 1.08 bits per heavy atom. The number of hydrogen-bond acceptors (Lipinski definition) is 6. The molecule has 3 rings (SSSR count). The Bertz CT molecular complexity index is 897. The molecule has 1 amide bonds. The van der Waals surface area contributed by atoms with Crippen LogP contribution in [0.15, 0.2) is 42.9 Å². The first kappa shape index (κ1) is 15.5. The molecule has 3 N–H and O–H groups in total. The van der Waals surface area contributed by atoms with Crippen LogP contribution in [-0.4, -0.2) is 30.1 Å². The fraction of sp³-hybridized carbons (Fsp3) is 0.118. The highest BCUT2D eigenvalue weighted by Crippen LogP contribution is 2.40. The Balaban J connectivity index is 2.11. The Labute approximate surface area is 138 Å². The number of carbonyl (C=O) groups excluding carboxylic acids is 1. The average molecular weight is 324 g/mol. The molecule has 0 aliphatic heterocycles. The van der Waals surface area contributed by atoms with Crippen molar-refractivity contribution in [3.05, 3.63) is 48.5 Å². The minimum Gasteiger partial charge on any atom is -0.493 e. The third kappa shape index (κ3) is 2.67. The molecule has 0 atom stereocenters. The van der Waals surface area contributed by atoms with Gasteiger partial charge in [0.25, 0.3) is 5.91 Å². The van der Waals surface area contributed by atoms with Crippen LogP contribution in [0.1, 0.15) is 10.5 Å². The number of rotatable bonds is 4. The summed E-state index contributed by atoms with van der Waals surface area (Å²) in [5, 5.41) is 4.03. The zero-order chi connectivity index (χ0) is 17.1. The van der Waals surface area contributed by atoms with E-state index in [4.69, 9.17) is 15.2 Å². The minimum absolute atomic E-state index is 0.247. The number of ether oxygens (including phenoxy) is 2. The summed E-state index contributed by atoms with van der Waals surface area (Å²) in [7, 11) is 3.02. The molecular weight excluding hydrogens is 308 g/mol. The lowest BCUT2D eigenvalue weighted by atomic mass is 10.1. The Morgan fingerprint density at radius 2 is 1.83 bits per heavy atom. The number of fused-ring (bicyclic) bond motifs is 1. The van der Waals surface area contributed by atoms with Crippen LogP contribution < -0.4 is 20.5 Å². The van der Waals surface area contributed by atoms with Gasteiger partial charge in [0.15, 0.2) is 11.5 Å². The summed E-state index contributed by atoms with van der Waals surface area (Å²) in [6.07, 6.45) is 4.72. The predicted molar refractivity (Wildman–Crippen MR) is 91.4 cm³/mol. The van der Waals surface area contributed by atoms with E-state index in [1.807, 2.05) is 0 Å². The SMILES string of the molecule is COc1cc2c(C(=O)Nc3ccncc3)nccc2c(N)c1OC. The molecule has 0 spiro atoms. The average Bonchev–Trinajstić information content (AvgIpc) is 2.61. The summed E-state index contributed by atoms with van der Waals surface area (Å²) in [5.74, 6) is 0.517. The van der Waals surface area contributed by atoms with E-state index in [9.17, 15) is 4.79 Å².